The highest BCUT2D eigenvalue weighted by atomic mass is 16.1. The van der Waals surface area contributed by atoms with Crippen LogP contribution < -0.4 is 0 Å². The normalized spacial score (nSPS) is 11.3. The molecular weight excluding hydrogens is 184 g/mol. The first kappa shape index (κ1) is 11.5. The summed E-state index contributed by atoms with van der Waals surface area (Å²) in [5, 5.41) is 0. The third-order valence-electron chi connectivity index (χ3n) is 2.28. The summed E-state index contributed by atoms with van der Waals surface area (Å²) in [7, 11) is 0. The molecule has 0 radical (unpaired) electrons. The van der Waals surface area contributed by atoms with Crippen LogP contribution in [0.2, 0.25) is 0 Å². The average molecular weight is 200 g/mol. The molecule has 1 rings (SSSR count). The van der Waals surface area contributed by atoms with Crippen LogP contribution in [-0.2, 0) is 11.2 Å². The fourth-order valence-corrected chi connectivity index (χ4v) is 1.40. The summed E-state index contributed by atoms with van der Waals surface area (Å²) in [4.78, 5) is 11.4. The van der Waals surface area contributed by atoms with Gasteiger partial charge in [0.25, 0.3) is 0 Å². The van der Waals surface area contributed by atoms with Gasteiger partial charge in [-0.25, -0.2) is 0 Å². The maximum absolute atomic E-state index is 11.4. The van der Waals surface area contributed by atoms with E-state index < -0.39 is 0 Å². The van der Waals surface area contributed by atoms with Gasteiger partial charge in [0.2, 0.25) is 0 Å². The van der Waals surface area contributed by atoms with E-state index in [-0.39, 0.29) is 11.7 Å². The van der Waals surface area contributed by atoms with Gasteiger partial charge in [0.15, 0.2) is 0 Å². The zero-order valence-electron chi connectivity index (χ0n) is 9.23. The number of benzene rings is 1. The van der Waals surface area contributed by atoms with Gasteiger partial charge in [-0.3, -0.25) is 4.79 Å². The molecule has 15 heavy (non-hydrogen) atoms. The Morgan fingerprint density at radius 3 is 2.60 bits per heavy atom. The van der Waals surface area contributed by atoms with Crippen LogP contribution in [0.1, 0.15) is 19.4 Å². The van der Waals surface area contributed by atoms with E-state index in [0.717, 1.165) is 6.42 Å². The molecule has 0 amide bonds. The second-order valence-electron chi connectivity index (χ2n) is 3.53. The molecule has 1 heteroatoms. The highest BCUT2D eigenvalue weighted by molar-refractivity contribution is 5.80. The Hall–Kier alpha value is -1.59. The molecule has 0 saturated heterocycles. The Kier molecular flexibility index (Phi) is 4.59. The molecule has 0 aliphatic rings. The van der Waals surface area contributed by atoms with Crippen molar-refractivity contribution in [3.05, 3.63) is 53.8 Å². The van der Waals surface area contributed by atoms with Crippen molar-refractivity contribution >= 4 is 5.78 Å². The Balaban J connectivity index is 2.76. The zero-order valence-corrected chi connectivity index (χ0v) is 9.23. The van der Waals surface area contributed by atoms with Crippen molar-refractivity contribution in [2.75, 3.05) is 0 Å². The van der Waals surface area contributed by atoms with Crippen molar-refractivity contribution in [1.82, 2.24) is 0 Å². The van der Waals surface area contributed by atoms with Gasteiger partial charge in [-0.05, 0) is 38.0 Å². The first-order valence-electron chi connectivity index (χ1n) is 5.15. The maximum Gasteiger partial charge on any atom is 0.137 e. The smallest absolute Gasteiger partial charge is 0.137 e. The number of allylic oxidation sites excluding steroid dienone is 1. The fourth-order valence-electron chi connectivity index (χ4n) is 1.40. The second-order valence-corrected chi connectivity index (χ2v) is 3.53. The lowest BCUT2D eigenvalue weighted by Crippen LogP contribution is -2.10. The SMILES string of the molecule is CC=C=CC(Cc1ccccc1)C(C)=O. The number of carbonyl (C=O) groups excluding carboxylic acids is 1. The molecule has 0 aliphatic carbocycles. The van der Waals surface area contributed by atoms with E-state index in [1.54, 1.807) is 6.92 Å². The summed E-state index contributed by atoms with van der Waals surface area (Å²) in [6.45, 7) is 3.53. The van der Waals surface area contributed by atoms with Gasteiger partial charge in [-0.2, -0.15) is 0 Å². The van der Waals surface area contributed by atoms with Gasteiger partial charge in [-0.1, -0.05) is 30.3 Å². The standard InChI is InChI=1S/C14H16O/c1-3-4-10-14(12(2)15)11-13-8-6-5-7-9-13/h3,5-10,14H,11H2,1-2H3. The van der Waals surface area contributed by atoms with Crippen LogP contribution >= 0.6 is 0 Å². The summed E-state index contributed by atoms with van der Waals surface area (Å²) >= 11 is 0. The van der Waals surface area contributed by atoms with Crippen LogP contribution in [0, 0.1) is 5.92 Å². The highest BCUT2D eigenvalue weighted by Gasteiger charge is 2.10. The molecule has 1 nitrogen and oxygen atoms in total. The number of ketones is 1. The highest BCUT2D eigenvalue weighted by Crippen LogP contribution is 2.10. The summed E-state index contributed by atoms with van der Waals surface area (Å²) in [6, 6.07) is 10.0. The molecule has 0 saturated carbocycles. The molecule has 0 heterocycles. The fraction of sp³-hybridized carbons (Fsp3) is 0.286. The lowest BCUT2D eigenvalue weighted by molar-refractivity contribution is -0.119. The van der Waals surface area contributed by atoms with Crippen molar-refractivity contribution in [2.45, 2.75) is 20.3 Å². The third kappa shape index (κ3) is 3.97. The van der Waals surface area contributed by atoms with E-state index in [9.17, 15) is 4.79 Å². The van der Waals surface area contributed by atoms with E-state index >= 15 is 0 Å². The van der Waals surface area contributed by atoms with Crippen molar-refractivity contribution in [1.29, 1.82) is 0 Å². The van der Waals surface area contributed by atoms with Crippen molar-refractivity contribution in [3.63, 3.8) is 0 Å². The van der Waals surface area contributed by atoms with Crippen molar-refractivity contribution in [3.8, 4) is 0 Å². The largest absolute Gasteiger partial charge is 0.299 e. The predicted molar refractivity (Wildman–Crippen MR) is 62.6 cm³/mol. The minimum Gasteiger partial charge on any atom is -0.299 e. The van der Waals surface area contributed by atoms with Gasteiger partial charge < -0.3 is 0 Å². The summed E-state index contributed by atoms with van der Waals surface area (Å²) in [5.41, 5.74) is 4.17. The number of Topliss-reactive ketones (excluding diaryl/α,β-unsaturated/α-hetero) is 1. The van der Waals surface area contributed by atoms with Crippen molar-refractivity contribution in [2.24, 2.45) is 5.92 Å². The second kappa shape index (κ2) is 6.00. The van der Waals surface area contributed by atoms with E-state index in [0.29, 0.717) is 0 Å². The van der Waals surface area contributed by atoms with Gasteiger partial charge in [0, 0.05) is 5.92 Å². The van der Waals surface area contributed by atoms with E-state index in [1.165, 1.54) is 5.56 Å². The van der Waals surface area contributed by atoms with Gasteiger partial charge in [0.1, 0.15) is 5.78 Å². The number of hydrogen-bond acceptors (Lipinski definition) is 1. The molecule has 0 aliphatic heterocycles. The minimum absolute atomic E-state index is 0.0522. The summed E-state index contributed by atoms with van der Waals surface area (Å²) < 4.78 is 0. The van der Waals surface area contributed by atoms with Crippen LogP contribution in [-0.4, -0.2) is 5.78 Å². The number of rotatable bonds is 4. The Labute approximate surface area is 91.1 Å². The molecule has 1 aromatic carbocycles. The topological polar surface area (TPSA) is 17.1 Å². The first-order chi connectivity index (χ1) is 7.24. The van der Waals surface area contributed by atoms with Gasteiger partial charge >= 0.3 is 0 Å². The number of hydrogen-bond donors (Lipinski definition) is 0. The van der Waals surface area contributed by atoms with Gasteiger partial charge in [0.05, 0.1) is 0 Å². The summed E-state index contributed by atoms with van der Waals surface area (Å²) in [6.07, 6.45) is 4.42. The van der Waals surface area contributed by atoms with Crippen LogP contribution in [0.15, 0.2) is 48.2 Å². The predicted octanol–water partition coefficient (Wildman–Crippen LogP) is 3.17. The average Bonchev–Trinajstić information content (AvgIpc) is 2.25. The molecule has 0 bridgehead atoms. The molecule has 1 aromatic rings. The van der Waals surface area contributed by atoms with Crippen LogP contribution in [0.3, 0.4) is 0 Å². The first-order valence-corrected chi connectivity index (χ1v) is 5.15. The Morgan fingerprint density at radius 2 is 2.07 bits per heavy atom. The molecule has 0 spiro atoms. The molecule has 1 unspecified atom stereocenters. The quantitative estimate of drug-likeness (QED) is 0.682. The van der Waals surface area contributed by atoms with E-state index in [4.69, 9.17) is 0 Å². The zero-order chi connectivity index (χ0) is 11.1. The summed E-state index contributed by atoms with van der Waals surface area (Å²) in [5.74, 6) is 0.136. The molecule has 78 valence electrons. The van der Waals surface area contributed by atoms with Crippen molar-refractivity contribution < 1.29 is 4.79 Å². The molecule has 0 aromatic heterocycles. The third-order valence-corrected chi connectivity index (χ3v) is 2.28. The van der Waals surface area contributed by atoms with Crippen LogP contribution in [0.25, 0.3) is 0 Å². The molecular formula is C14H16O. The van der Waals surface area contributed by atoms with Crippen LogP contribution in [0.5, 0.6) is 0 Å². The van der Waals surface area contributed by atoms with Gasteiger partial charge in [-0.15, -0.1) is 5.73 Å². The van der Waals surface area contributed by atoms with E-state index in [2.05, 4.69) is 5.73 Å². The Bertz CT molecular complexity index is 370. The van der Waals surface area contributed by atoms with E-state index in [1.807, 2.05) is 49.4 Å². The number of carbonyl (C=O) groups is 1. The lowest BCUT2D eigenvalue weighted by Gasteiger charge is -2.07. The molecule has 0 N–H and O–H groups in total. The maximum atomic E-state index is 11.4. The van der Waals surface area contributed by atoms with Crippen LogP contribution in [0.4, 0.5) is 0 Å². The monoisotopic (exact) mass is 200 g/mol. The minimum atomic E-state index is -0.0522. The molecule has 1 atom stereocenters. The lowest BCUT2D eigenvalue weighted by atomic mass is 9.96. The Morgan fingerprint density at radius 1 is 1.40 bits per heavy atom. The molecule has 0 fully saturated rings.